The van der Waals surface area contributed by atoms with E-state index in [-0.39, 0.29) is 12.1 Å². The van der Waals surface area contributed by atoms with Crippen molar-refractivity contribution in [3.63, 3.8) is 0 Å². The Morgan fingerprint density at radius 2 is 1.95 bits per heavy atom. The topological polar surface area (TPSA) is 104 Å². The third kappa shape index (κ3) is 4.41. The molecule has 1 atom stereocenters. The number of piperazine rings is 1. The van der Waals surface area contributed by atoms with Gasteiger partial charge >= 0.3 is 0 Å². The van der Waals surface area contributed by atoms with Gasteiger partial charge in [-0.05, 0) is 68.6 Å². The summed E-state index contributed by atoms with van der Waals surface area (Å²) in [5.41, 5.74) is 4.04. The molecule has 1 aromatic carbocycles. The molecule has 10 nitrogen and oxygen atoms in total. The molecule has 1 aliphatic heterocycles. The number of aryl methyl sites for hydroxylation is 2. The molecule has 3 aromatic heterocycles. The van der Waals surface area contributed by atoms with Crippen LogP contribution in [0.4, 0.5) is 17.3 Å². The molecule has 4 heterocycles. The van der Waals surface area contributed by atoms with Crippen molar-refractivity contribution in [3.05, 3.63) is 63.7 Å². The zero-order valence-corrected chi connectivity index (χ0v) is 23.2. The molecular weight excluding hydrogens is 504 g/mol. The zero-order valence-electron chi connectivity index (χ0n) is 23.2. The summed E-state index contributed by atoms with van der Waals surface area (Å²) in [6, 6.07) is 10.1. The maximum absolute atomic E-state index is 13.3. The van der Waals surface area contributed by atoms with Crippen LogP contribution in [0.25, 0.3) is 16.9 Å². The molecule has 0 amide bonds. The van der Waals surface area contributed by atoms with E-state index in [0.29, 0.717) is 41.3 Å². The summed E-state index contributed by atoms with van der Waals surface area (Å²) < 4.78 is 3.08. The van der Waals surface area contributed by atoms with Crippen molar-refractivity contribution in [3.8, 4) is 18.2 Å². The molecule has 6 rings (SSSR count). The Labute approximate surface area is 233 Å². The van der Waals surface area contributed by atoms with Gasteiger partial charge < -0.3 is 20.2 Å². The fourth-order valence-electron chi connectivity index (χ4n) is 5.82. The van der Waals surface area contributed by atoms with Crippen LogP contribution in [0.15, 0.2) is 41.3 Å². The summed E-state index contributed by atoms with van der Waals surface area (Å²) in [7, 11) is 2.15. The highest BCUT2D eigenvalue weighted by molar-refractivity contribution is 5.77. The third-order valence-electron chi connectivity index (χ3n) is 8.23. The molecular formula is C30H34N8O2. The van der Waals surface area contributed by atoms with Crippen LogP contribution in [0, 0.1) is 19.3 Å². The smallest absolute Gasteiger partial charge is 0.279 e. The van der Waals surface area contributed by atoms with Gasteiger partial charge in [-0.1, -0.05) is 18.9 Å². The van der Waals surface area contributed by atoms with Crippen LogP contribution in [0.2, 0.25) is 0 Å². The molecule has 206 valence electrons. The summed E-state index contributed by atoms with van der Waals surface area (Å²) in [5, 5.41) is 14.8. The van der Waals surface area contributed by atoms with Crippen LogP contribution >= 0.6 is 0 Å². The van der Waals surface area contributed by atoms with Gasteiger partial charge in [0.15, 0.2) is 11.5 Å². The van der Waals surface area contributed by atoms with E-state index in [1.807, 2.05) is 25.1 Å². The molecule has 2 aliphatic rings. The summed E-state index contributed by atoms with van der Waals surface area (Å²) in [6.07, 6.45) is 9.11. The van der Waals surface area contributed by atoms with Crippen LogP contribution in [-0.4, -0.2) is 67.5 Å². The molecule has 4 aromatic rings. The van der Waals surface area contributed by atoms with E-state index in [9.17, 15) is 9.90 Å². The van der Waals surface area contributed by atoms with Crippen LogP contribution in [0.1, 0.15) is 36.6 Å². The SMILES string of the molecule is C#CCn1c(=O)c2cnc(Nc3ccc(N4CCN(C)CC4)c(C)c3)nc2n1-c1ccc2c(n1)[C@@](O)(CC)CC2. The Morgan fingerprint density at radius 3 is 2.67 bits per heavy atom. The molecule has 1 saturated heterocycles. The minimum Gasteiger partial charge on any atom is -0.384 e. The van der Waals surface area contributed by atoms with Gasteiger partial charge in [-0.3, -0.25) is 4.79 Å². The first-order valence-corrected chi connectivity index (χ1v) is 13.8. The first-order valence-electron chi connectivity index (χ1n) is 13.8. The maximum atomic E-state index is 13.3. The lowest BCUT2D eigenvalue weighted by atomic mass is 9.98. The minimum absolute atomic E-state index is 0.0434. The van der Waals surface area contributed by atoms with Crippen LogP contribution < -0.4 is 15.8 Å². The van der Waals surface area contributed by atoms with Gasteiger partial charge in [0.05, 0.1) is 5.69 Å². The highest BCUT2D eigenvalue weighted by Crippen LogP contribution is 2.38. The van der Waals surface area contributed by atoms with E-state index in [2.05, 4.69) is 52.1 Å². The van der Waals surface area contributed by atoms with Gasteiger partial charge in [0, 0.05) is 43.8 Å². The molecule has 1 fully saturated rings. The molecule has 0 unspecified atom stereocenters. The van der Waals surface area contributed by atoms with Crippen LogP contribution in [-0.2, 0) is 18.6 Å². The normalized spacial score (nSPS) is 19.1. The number of rotatable bonds is 6. The van der Waals surface area contributed by atoms with E-state index in [1.165, 1.54) is 22.1 Å². The largest absolute Gasteiger partial charge is 0.384 e. The first-order chi connectivity index (χ1) is 19.3. The van der Waals surface area contributed by atoms with Gasteiger partial charge in [-0.15, -0.1) is 6.42 Å². The number of fused-ring (bicyclic) bond motifs is 2. The summed E-state index contributed by atoms with van der Waals surface area (Å²) in [6.45, 7) is 8.20. The molecule has 1 aliphatic carbocycles. The van der Waals surface area contributed by atoms with Crippen molar-refractivity contribution in [2.45, 2.75) is 45.3 Å². The molecule has 0 saturated carbocycles. The number of pyridine rings is 1. The lowest BCUT2D eigenvalue weighted by Gasteiger charge is -2.35. The van der Waals surface area contributed by atoms with Crippen LogP contribution in [0.3, 0.4) is 0 Å². The summed E-state index contributed by atoms with van der Waals surface area (Å²) in [5.74, 6) is 3.40. The fourth-order valence-corrected chi connectivity index (χ4v) is 5.82. The number of aromatic nitrogens is 5. The molecule has 40 heavy (non-hydrogen) atoms. The second kappa shape index (κ2) is 10.1. The maximum Gasteiger partial charge on any atom is 0.279 e. The molecule has 0 spiro atoms. The zero-order chi connectivity index (χ0) is 28.0. The van der Waals surface area contributed by atoms with Crippen molar-refractivity contribution in [2.24, 2.45) is 0 Å². The highest BCUT2D eigenvalue weighted by atomic mass is 16.3. The number of hydrogen-bond donors (Lipinski definition) is 2. The predicted octanol–water partition coefficient (Wildman–Crippen LogP) is 2.96. The lowest BCUT2D eigenvalue weighted by Crippen LogP contribution is -2.44. The number of aliphatic hydroxyl groups is 1. The van der Waals surface area contributed by atoms with E-state index in [0.717, 1.165) is 43.9 Å². The van der Waals surface area contributed by atoms with Crippen molar-refractivity contribution in [1.29, 1.82) is 0 Å². The quantitative estimate of drug-likeness (QED) is 0.361. The molecule has 0 bridgehead atoms. The van der Waals surface area contributed by atoms with Gasteiger partial charge in [0.25, 0.3) is 5.56 Å². The van der Waals surface area contributed by atoms with Gasteiger partial charge in [0.1, 0.15) is 17.5 Å². The first kappa shape index (κ1) is 26.0. The second-order valence-electron chi connectivity index (χ2n) is 10.8. The fraction of sp³-hybridized carbons (Fsp3) is 0.400. The number of benzene rings is 1. The average Bonchev–Trinajstić information content (AvgIpc) is 3.43. The minimum atomic E-state index is -0.985. The Hall–Kier alpha value is -4.20. The van der Waals surface area contributed by atoms with E-state index in [4.69, 9.17) is 16.4 Å². The van der Waals surface area contributed by atoms with E-state index < -0.39 is 5.60 Å². The van der Waals surface area contributed by atoms with Crippen molar-refractivity contribution in [2.75, 3.05) is 43.4 Å². The van der Waals surface area contributed by atoms with Gasteiger partial charge in [-0.2, -0.15) is 4.98 Å². The summed E-state index contributed by atoms with van der Waals surface area (Å²) in [4.78, 5) is 32.1. The van der Waals surface area contributed by atoms with Gasteiger partial charge in [0.2, 0.25) is 5.95 Å². The van der Waals surface area contributed by atoms with Crippen LogP contribution in [0.5, 0.6) is 0 Å². The van der Waals surface area contributed by atoms with Crippen molar-refractivity contribution < 1.29 is 5.11 Å². The van der Waals surface area contributed by atoms with E-state index in [1.54, 1.807) is 4.68 Å². The predicted molar refractivity (Wildman–Crippen MR) is 156 cm³/mol. The Balaban J connectivity index is 1.38. The Bertz CT molecular complexity index is 1690. The molecule has 0 radical (unpaired) electrons. The van der Waals surface area contributed by atoms with E-state index >= 15 is 0 Å². The Morgan fingerprint density at radius 1 is 1.15 bits per heavy atom. The standard InChI is InChI=1S/C30H34N8O2/c1-5-13-37-28(39)23-19-31-29(32-22-8-9-24(20(3)18-22)36-16-14-35(4)15-17-36)34-27(23)38(37)25-10-7-21-11-12-30(40,6-2)26(21)33-25/h1,7-10,18-19,40H,6,11-17H2,2-4H3,(H,31,32,34)/t30-/m1/s1. The number of terminal acetylenes is 1. The second-order valence-corrected chi connectivity index (χ2v) is 10.8. The number of nitrogens with zero attached hydrogens (tertiary/aromatic N) is 7. The summed E-state index contributed by atoms with van der Waals surface area (Å²) >= 11 is 0. The number of likely N-dealkylation sites (N-methyl/N-ethyl adjacent to an activating group) is 1. The number of hydrogen-bond acceptors (Lipinski definition) is 8. The highest BCUT2D eigenvalue weighted by Gasteiger charge is 2.37. The lowest BCUT2D eigenvalue weighted by molar-refractivity contribution is 0.0306. The van der Waals surface area contributed by atoms with Gasteiger partial charge in [-0.25, -0.2) is 19.3 Å². The van der Waals surface area contributed by atoms with Crippen molar-refractivity contribution >= 4 is 28.4 Å². The number of nitrogens with one attached hydrogen (secondary N) is 1. The average molecular weight is 539 g/mol. The van der Waals surface area contributed by atoms with Crippen molar-refractivity contribution in [1.82, 2.24) is 29.2 Å². The Kier molecular flexibility index (Phi) is 6.56. The molecule has 10 heteroatoms. The molecule has 2 N–H and O–H groups in total. The monoisotopic (exact) mass is 538 g/mol. The third-order valence-corrected chi connectivity index (χ3v) is 8.23. The number of anilines is 3.